The number of anilines is 4. The number of hydrogen-bond donors (Lipinski definition) is 1. The standard InChI is InChI=1S/C24H29F3N4O4.C22H27F3N4O3/c1-2-34-22(33)17-8-12-30(13-9-17)19-7-6-16(15-28-19)14-18(32)20-21(24(25,26)27)29-23(35-20)31-10-4-3-5-11-31;23-22(24,25)20-19(32-21(27-20)29-8-2-1-3-9-29)17(31)12-16-4-5-18(26-13-16)28-10-6-15(14-30)7-11-28/h6-7,15,17H,2-5,8-14H2,1H3;4-5,13,15,30H,1-3,6-12,14H2. The molecule has 8 rings (SSSR count). The zero-order valence-corrected chi connectivity index (χ0v) is 37.4. The van der Waals surface area contributed by atoms with Crippen LogP contribution in [0.25, 0.3) is 0 Å². The fourth-order valence-electron chi connectivity index (χ4n) is 8.72. The van der Waals surface area contributed by atoms with Gasteiger partial charge in [0, 0.05) is 84.2 Å². The number of nitrogens with zero attached hydrogens (tertiary/aromatic N) is 8. The van der Waals surface area contributed by atoms with Crippen LogP contribution in [-0.4, -0.2) is 108 Å². The number of aliphatic hydroxyl groups excluding tert-OH is 1. The number of carbonyl (C=O) groups is 3. The van der Waals surface area contributed by atoms with E-state index in [1.54, 1.807) is 41.0 Å². The first kappa shape index (κ1) is 49.2. The van der Waals surface area contributed by atoms with Gasteiger partial charge in [-0.3, -0.25) is 14.4 Å². The molecule has 0 aromatic carbocycles. The first-order chi connectivity index (χ1) is 32.1. The van der Waals surface area contributed by atoms with Crippen LogP contribution in [0.5, 0.6) is 0 Å². The van der Waals surface area contributed by atoms with Gasteiger partial charge in [-0.15, -0.1) is 0 Å². The number of aromatic nitrogens is 4. The molecule has 0 saturated carbocycles. The van der Waals surface area contributed by atoms with E-state index in [9.17, 15) is 45.8 Å². The number of alkyl halides is 6. The van der Waals surface area contributed by atoms with Crippen molar-refractivity contribution in [3.63, 3.8) is 0 Å². The molecular formula is C46H56F6N8O7. The number of carbonyl (C=O) groups excluding carboxylic acids is 3. The molecule has 21 heteroatoms. The van der Waals surface area contributed by atoms with Crippen molar-refractivity contribution < 1.29 is 59.4 Å². The van der Waals surface area contributed by atoms with Gasteiger partial charge in [0.05, 0.1) is 12.5 Å². The molecule has 0 amide bonds. The summed E-state index contributed by atoms with van der Waals surface area (Å²) in [4.78, 5) is 60.9. The van der Waals surface area contributed by atoms with Gasteiger partial charge in [0.25, 0.3) is 12.0 Å². The molecule has 4 aromatic rings. The Morgan fingerprint density at radius 1 is 0.627 bits per heavy atom. The van der Waals surface area contributed by atoms with Crippen molar-refractivity contribution in [2.24, 2.45) is 11.8 Å². The maximum Gasteiger partial charge on any atom is 0.437 e. The second-order valence-corrected chi connectivity index (χ2v) is 17.3. The number of oxazole rings is 2. The summed E-state index contributed by atoms with van der Waals surface area (Å²) in [5.41, 5.74) is -1.56. The lowest BCUT2D eigenvalue weighted by atomic mass is 9.97. The zero-order valence-electron chi connectivity index (χ0n) is 37.4. The van der Waals surface area contributed by atoms with Crippen molar-refractivity contribution in [2.75, 3.05) is 85.2 Å². The van der Waals surface area contributed by atoms with E-state index in [4.69, 9.17) is 13.6 Å². The lowest BCUT2D eigenvalue weighted by molar-refractivity contribution is -0.148. The number of aliphatic hydroxyl groups is 1. The lowest BCUT2D eigenvalue weighted by Gasteiger charge is -2.32. The molecule has 4 aliphatic heterocycles. The van der Waals surface area contributed by atoms with Crippen LogP contribution < -0.4 is 19.6 Å². The molecule has 1 N–H and O–H groups in total. The highest BCUT2D eigenvalue weighted by Gasteiger charge is 2.43. The molecule has 0 atom stereocenters. The van der Waals surface area contributed by atoms with Gasteiger partial charge in [0.2, 0.25) is 23.1 Å². The summed E-state index contributed by atoms with van der Waals surface area (Å²) < 4.78 is 97.0. The third kappa shape index (κ3) is 12.6. The maximum atomic E-state index is 13.6. The van der Waals surface area contributed by atoms with Crippen LogP contribution in [0.4, 0.5) is 50.0 Å². The first-order valence-corrected chi connectivity index (χ1v) is 23.0. The van der Waals surface area contributed by atoms with Crippen molar-refractivity contribution in [1.82, 2.24) is 19.9 Å². The Morgan fingerprint density at radius 2 is 1.04 bits per heavy atom. The number of ketones is 2. The molecule has 4 fully saturated rings. The largest absolute Gasteiger partial charge is 0.466 e. The van der Waals surface area contributed by atoms with Crippen LogP contribution in [-0.2, 0) is 34.7 Å². The number of hydrogen-bond acceptors (Lipinski definition) is 15. The number of ether oxygens (including phenoxy) is 1. The molecule has 4 saturated heterocycles. The summed E-state index contributed by atoms with van der Waals surface area (Å²) in [6.07, 6.45) is 1.37. The fourth-order valence-corrected chi connectivity index (χ4v) is 8.72. The number of halogens is 6. The molecule has 0 unspecified atom stereocenters. The lowest BCUT2D eigenvalue weighted by Crippen LogP contribution is -2.37. The monoisotopic (exact) mass is 946 g/mol. The number of esters is 1. The van der Waals surface area contributed by atoms with Gasteiger partial charge in [-0.1, -0.05) is 12.1 Å². The Labute approximate surface area is 383 Å². The van der Waals surface area contributed by atoms with Gasteiger partial charge in [-0.25, -0.2) is 9.97 Å². The minimum absolute atomic E-state index is 0.123. The Balaban J connectivity index is 0.000000200. The molecule has 15 nitrogen and oxygen atoms in total. The summed E-state index contributed by atoms with van der Waals surface area (Å²) in [7, 11) is 0. The third-order valence-electron chi connectivity index (χ3n) is 12.5. The quantitative estimate of drug-likeness (QED) is 0.0776. The third-order valence-corrected chi connectivity index (χ3v) is 12.5. The summed E-state index contributed by atoms with van der Waals surface area (Å²) in [6.45, 7) is 7.39. The van der Waals surface area contributed by atoms with Crippen LogP contribution >= 0.6 is 0 Å². The summed E-state index contributed by atoms with van der Waals surface area (Å²) >= 11 is 0. The highest BCUT2D eigenvalue weighted by Crippen LogP contribution is 2.37. The average Bonchev–Trinajstić information content (AvgIpc) is 4.01. The van der Waals surface area contributed by atoms with Crippen molar-refractivity contribution in [3.05, 3.63) is 70.7 Å². The van der Waals surface area contributed by atoms with E-state index in [1.807, 2.05) is 4.90 Å². The Hall–Kier alpha value is -5.73. The molecule has 67 heavy (non-hydrogen) atoms. The molecule has 0 radical (unpaired) electrons. The highest BCUT2D eigenvalue weighted by atomic mass is 19.4. The van der Waals surface area contributed by atoms with E-state index < -0.39 is 46.8 Å². The van der Waals surface area contributed by atoms with Crippen LogP contribution in [0.15, 0.2) is 45.5 Å². The van der Waals surface area contributed by atoms with E-state index in [0.29, 0.717) is 81.6 Å². The summed E-state index contributed by atoms with van der Waals surface area (Å²) in [5.74, 6) is -1.62. The second kappa shape index (κ2) is 21.9. The van der Waals surface area contributed by atoms with E-state index in [-0.39, 0.29) is 43.4 Å². The van der Waals surface area contributed by atoms with Gasteiger partial charge >= 0.3 is 18.3 Å². The van der Waals surface area contributed by atoms with E-state index in [1.165, 1.54) is 12.4 Å². The molecule has 4 aromatic heterocycles. The maximum absolute atomic E-state index is 13.6. The molecular weight excluding hydrogens is 891 g/mol. The van der Waals surface area contributed by atoms with Gasteiger partial charge in [-0.2, -0.15) is 36.3 Å². The van der Waals surface area contributed by atoms with E-state index >= 15 is 0 Å². The van der Waals surface area contributed by atoms with Gasteiger partial charge in [0.15, 0.2) is 11.4 Å². The molecule has 0 bridgehead atoms. The van der Waals surface area contributed by atoms with E-state index in [0.717, 1.165) is 70.3 Å². The van der Waals surface area contributed by atoms with Gasteiger partial charge in [-0.05, 0) is 100 Å². The normalized spacial score (nSPS) is 17.9. The van der Waals surface area contributed by atoms with E-state index in [2.05, 4.69) is 24.8 Å². The number of pyridine rings is 2. The molecule has 4 aliphatic rings. The Morgan fingerprint density at radius 3 is 1.40 bits per heavy atom. The molecule has 0 spiro atoms. The topological polar surface area (TPSA) is 171 Å². The van der Waals surface area contributed by atoms with Gasteiger partial charge < -0.3 is 38.3 Å². The minimum Gasteiger partial charge on any atom is -0.466 e. The first-order valence-electron chi connectivity index (χ1n) is 23.0. The summed E-state index contributed by atoms with van der Waals surface area (Å²) in [6, 6.07) is 6.59. The smallest absolute Gasteiger partial charge is 0.437 e. The fraction of sp³-hybridized carbons (Fsp3) is 0.587. The average molecular weight is 947 g/mol. The molecule has 0 aliphatic carbocycles. The predicted molar refractivity (Wildman–Crippen MR) is 233 cm³/mol. The molecule has 8 heterocycles. The van der Waals surface area contributed by atoms with Gasteiger partial charge in [0.1, 0.15) is 11.6 Å². The Bertz CT molecular complexity index is 2260. The van der Waals surface area contributed by atoms with Crippen molar-refractivity contribution in [2.45, 2.75) is 96.3 Å². The second-order valence-electron chi connectivity index (χ2n) is 17.3. The SMILES string of the molecule is CCOC(=O)C1CCN(c2ccc(CC(=O)c3oc(N4CCCCC4)nc3C(F)(F)F)cn2)CC1.O=C(Cc1ccc(N2CCC(CO)CC2)nc1)c1oc(N2CCCCC2)nc1C(F)(F)F. The highest BCUT2D eigenvalue weighted by molar-refractivity contribution is 5.97. The van der Waals surface area contributed by atoms with Crippen LogP contribution in [0, 0.1) is 11.8 Å². The number of Topliss-reactive ketones (excluding diaryl/α,β-unsaturated/α-hetero) is 2. The van der Waals surface area contributed by atoms with Crippen LogP contribution in [0.1, 0.15) is 115 Å². The minimum atomic E-state index is -4.79. The van der Waals surface area contributed by atoms with Crippen LogP contribution in [0.3, 0.4) is 0 Å². The van der Waals surface area contributed by atoms with Crippen molar-refractivity contribution in [1.29, 1.82) is 0 Å². The van der Waals surface area contributed by atoms with Crippen molar-refractivity contribution >= 4 is 41.2 Å². The van der Waals surface area contributed by atoms with Crippen molar-refractivity contribution in [3.8, 4) is 0 Å². The number of rotatable bonds is 13. The Kier molecular flexibility index (Phi) is 16.1. The van der Waals surface area contributed by atoms with Crippen LogP contribution in [0.2, 0.25) is 0 Å². The number of piperidine rings is 4. The molecule has 364 valence electrons. The zero-order chi connectivity index (χ0) is 47.7. The predicted octanol–water partition coefficient (Wildman–Crippen LogP) is 8.00. The summed E-state index contributed by atoms with van der Waals surface area (Å²) in [5, 5.41) is 9.26.